The van der Waals surface area contributed by atoms with E-state index in [9.17, 15) is 18.5 Å². The third-order valence-electron chi connectivity index (χ3n) is 2.08. The van der Waals surface area contributed by atoms with Crippen molar-refractivity contribution in [2.24, 2.45) is 5.73 Å². The molecule has 0 aliphatic carbocycles. The van der Waals surface area contributed by atoms with Gasteiger partial charge in [-0.1, -0.05) is 0 Å². The van der Waals surface area contributed by atoms with Crippen molar-refractivity contribution in [3.8, 4) is 5.75 Å². The van der Waals surface area contributed by atoms with Crippen molar-refractivity contribution in [3.05, 3.63) is 28.3 Å². The first-order chi connectivity index (χ1) is 8.42. The van der Waals surface area contributed by atoms with Gasteiger partial charge in [0.15, 0.2) is 0 Å². The topological polar surface area (TPSA) is 125 Å². The summed E-state index contributed by atoms with van der Waals surface area (Å²) in [4.78, 5) is 9.66. The highest BCUT2D eigenvalue weighted by Gasteiger charge is 2.22. The predicted octanol–water partition coefficient (Wildman–Crippen LogP) is -0.160. The molecule has 0 spiro atoms. The van der Waals surface area contributed by atoms with Crippen LogP contribution >= 0.6 is 0 Å². The van der Waals surface area contributed by atoms with Gasteiger partial charge in [0.25, 0.3) is 5.69 Å². The third-order valence-corrected chi connectivity index (χ3v) is 3.57. The second-order valence-electron chi connectivity index (χ2n) is 3.28. The van der Waals surface area contributed by atoms with Crippen molar-refractivity contribution in [2.75, 3.05) is 20.2 Å². The maximum absolute atomic E-state index is 11.9. The number of nitrogens with one attached hydrogen (secondary N) is 1. The van der Waals surface area contributed by atoms with Crippen LogP contribution in [0.15, 0.2) is 23.1 Å². The molecule has 1 rings (SSSR count). The zero-order chi connectivity index (χ0) is 13.8. The van der Waals surface area contributed by atoms with E-state index in [1.807, 2.05) is 0 Å². The minimum absolute atomic E-state index is 0.0325. The van der Waals surface area contributed by atoms with Gasteiger partial charge < -0.3 is 10.5 Å². The minimum Gasteiger partial charge on any atom is -0.495 e. The van der Waals surface area contributed by atoms with Crippen LogP contribution in [0.4, 0.5) is 5.69 Å². The van der Waals surface area contributed by atoms with Crippen molar-refractivity contribution in [1.82, 2.24) is 4.72 Å². The van der Waals surface area contributed by atoms with E-state index in [1.165, 1.54) is 19.2 Å². The van der Waals surface area contributed by atoms with Crippen LogP contribution in [0.5, 0.6) is 5.75 Å². The summed E-state index contributed by atoms with van der Waals surface area (Å²) in [6.07, 6.45) is 0. The van der Waals surface area contributed by atoms with Crippen LogP contribution in [0.3, 0.4) is 0 Å². The first-order valence-corrected chi connectivity index (χ1v) is 6.43. The molecule has 3 N–H and O–H groups in total. The number of nitro groups is 1. The summed E-state index contributed by atoms with van der Waals surface area (Å²) >= 11 is 0. The molecule has 0 heterocycles. The summed E-state index contributed by atoms with van der Waals surface area (Å²) in [6.45, 7) is 0.157. The lowest BCUT2D eigenvalue weighted by Crippen LogP contribution is -2.29. The molecule has 8 nitrogen and oxygen atoms in total. The fourth-order valence-electron chi connectivity index (χ4n) is 1.26. The molecule has 9 heteroatoms. The summed E-state index contributed by atoms with van der Waals surface area (Å²) in [5.41, 5.74) is 4.87. The zero-order valence-electron chi connectivity index (χ0n) is 9.62. The first kappa shape index (κ1) is 14.4. The number of rotatable bonds is 6. The van der Waals surface area contributed by atoms with Crippen molar-refractivity contribution in [2.45, 2.75) is 4.90 Å². The largest absolute Gasteiger partial charge is 0.495 e. The fraction of sp³-hybridized carbons (Fsp3) is 0.333. The fourth-order valence-corrected chi connectivity index (χ4v) is 2.49. The van der Waals surface area contributed by atoms with Crippen molar-refractivity contribution >= 4 is 15.7 Å². The quantitative estimate of drug-likeness (QED) is 0.549. The Balaban J connectivity index is 3.27. The molecule has 0 aliphatic rings. The van der Waals surface area contributed by atoms with E-state index >= 15 is 0 Å². The highest BCUT2D eigenvalue weighted by atomic mass is 32.2. The maximum Gasteiger partial charge on any atom is 0.271 e. The summed E-state index contributed by atoms with van der Waals surface area (Å²) in [5.74, 6) is 0.0325. The Hall–Kier alpha value is -1.71. The molecular formula is C9H13N3O5S. The first-order valence-electron chi connectivity index (χ1n) is 4.94. The number of hydrogen-bond donors (Lipinski definition) is 2. The molecule has 1 aromatic rings. The van der Waals surface area contributed by atoms with E-state index in [1.54, 1.807) is 0 Å². The van der Waals surface area contributed by atoms with E-state index in [0.29, 0.717) is 0 Å². The molecule has 18 heavy (non-hydrogen) atoms. The number of non-ortho nitro benzene ring substituents is 1. The van der Waals surface area contributed by atoms with Crippen LogP contribution in [-0.4, -0.2) is 33.5 Å². The van der Waals surface area contributed by atoms with E-state index in [0.717, 1.165) is 6.07 Å². The number of hydrogen-bond acceptors (Lipinski definition) is 6. The van der Waals surface area contributed by atoms with Crippen LogP contribution in [0.1, 0.15) is 0 Å². The van der Waals surface area contributed by atoms with E-state index in [-0.39, 0.29) is 29.4 Å². The number of nitrogens with two attached hydrogens (primary N) is 1. The van der Waals surface area contributed by atoms with Gasteiger partial charge in [-0.05, 0) is 6.07 Å². The van der Waals surface area contributed by atoms with Crippen LogP contribution in [0, 0.1) is 10.1 Å². The van der Waals surface area contributed by atoms with Gasteiger partial charge in [-0.2, -0.15) is 0 Å². The molecule has 1 aromatic carbocycles. The Kier molecular flexibility index (Phi) is 4.59. The molecule has 0 radical (unpaired) electrons. The normalized spacial score (nSPS) is 11.2. The molecule has 0 aromatic heterocycles. The summed E-state index contributed by atoms with van der Waals surface area (Å²) in [6, 6.07) is 3.34. The number of sulfonamides is 1. The van der Waals surface area contributed by atoms with E-state index in [2.05, 4.69) is 4.72 Å². The van der Waals surface area contributed by atoms with Crippen molar-refractivity contribution < 1.29 is 18.1 Å². The Morgan fingerprint density at radius 3 is 2.67 bits per heavy atom. The predicted molar refractivity (Wildman–Crippen MR) is 63.9 cm³/mol. The SMILES string of the molecule is COc1ccc([N+](=O)[O-])cc1S(=O)(=O)NCCN. The molecule has 0 atom stereocenters. The Morgan fingerprint density at radius 2 is 2.17 bits per heavy atom. The van der Waals surface area contributed by atoms with Gasteiger partial charge in [0.05, 0.1) is 12.0 Å². The molecule has 0 fully saturated rings. The molecule has 0 aliphatic heterocycles. The summed E-state index contributed by atoms with van der Waals surface area (Å²) in [7, 11) is -2.60. The van der Waals surface area contributed by atoms with Gasteiger partial charge in [0.1, 0.15) is 10.6 Å². The van der Waals surface area contributed by atoms with Gasteiger partial charge >= 0.3 is 0 Å². The monoisotopic (exact) mass is 275 g/mol. The van der Waals surface area contributed by atoms with E-state index in [4.69, 9.17) is 10.5 Å². The summed E-state index contributed by atoms with van der Waals surface area (Å²) in [5, 5.41) is 10.6. The van der Waals surface area contributed by atoms with Crippen molar-refractivity contribution in [1.29, 1.82) is 0 Å². The van der Waals surface area contributed by atoms with Gasteiger partial charge in [0, 0.05) is 25.2 Å². The van der Waals surface area contributed by atoms with Gasteiger partial charge in [-0.25, -0.2) is 13.1 Å². The van der Waals surface area contributed by atoms with E-state index < -0.39 is 14.9 Å². The Bertz CT molecular complexity index is 543. The smallest absolute Gasteiger partial charge is 0.271 e. The number of benzene rings is 1. The molecular weight excluding hydrogens is 262 g/mol. The molecule has 0 unspecified atom stereocenters. The highest BCUT2D eigenvalue weighted by molar-refractivity contribution is 7.89. The molecule has 0 saturated heterocycles. The third kappa shape index (κ3) is 3.15. The minimum atomic E-state index is -3.88. The standard InChI is InChI=1S/C9H13N3O5S/c1-17-8-3-2-7(12(13)14)6-9(8)18(15,16)11-5-4-10/h2-3,6,11H,4-5,10H2,1H3. The second-order valence-corrected chi connectivity index (χ2v) is 5.01. The second kappa shape index (κ2) is 5.76. The average molecular weight is 275 g/mol. The number of ether oxygens (including phenoxy) is 1. The van der Waals surface area contributed by atoms with Crippen molar-refractivity contribution in [3.63, 3.8) is 0 Å². The number of methoxy groups -OCH3 is 1. The van der Waals surface area contributed by atoms with Crippen LogP contribution in [0.25, 0.3) is 0 Å². The summed E-state index contributed by atoms with van der Waals surface area (Å²) < 4.78 is 30.8. The average Bonchev–Trinajstić information content (AvgIpc) is 2.35. The van der Waals surface area contributed by atoms with Crippen LogP contribution < -0.4 is 15.2 Å². The lowest BCUT2D eigenvalue weighted by molar-refractivity contribution is -0.385. The van der Waals surface area contributed by atoms with Gasteiger partial charge in [-0.3, -0.25) is 10.1 Å². The number of nitrogens with zero attached hydrogens (tertiary/aromatic N) is 1. The highest BCUT2D eigenvalue weighted by Crippen LogP contribution is 2.27. The lowest BCUT2D eigenvalue weighted by atomic mass is 10.3. The Labute approximate surface area is 104 Å². The maximum atomic E-state index is 11.9. The molecule has 0 amide bonds. The van der Waals surface area contributed by atoms with Crippen LogP contribution in [-0.2, 0) is 10.0 Å². The molecule has 100 valence electrons. The zero-order valence-corrected chi connectivity index (χ0v) is 10.4. The Morgan fingerprint density at radius 1 is 1.50 bits per heavy atom. The van der Waals surface area contributed by atoms with Crippen LogP contribution in [0.2, 0.25) is 0 Å². The van der Waals surface area contributed by atoms with Gasteiger partial charge in [0.2, 0.25) is 10.0 Å². The molecule has 0 saturated carbocycles. The lowest BCUT2D eigenvalue weighted by Gasteiger charge is -2.09. The van der Waals surface area contributed by atoms with Gasteiger partial charge in [-0.15, -0.1) is 0 Å². The number of nitro benzene ring substituents is 1. The molecule has 0 bridgehead atoms.